The van der Waals surface area contributed by atoms with Crippen LogP contribution in [0.2, 0.25) is 0 Å². The van der Waals surface area contributed by atoms with Gasteiger partial charge in [-0.15, -0.1) is 11.3 Å². The zero-order valence-electron chi connectivity index (χ0n) is 17.4. The molecule has 0 bridgehead atoms. The van der Waals surface area contributed by atoms with E-state index in [1.807, 2.05) is 30.5 Å². The molecule has 1 saturated heterocycles. The van der Waals surface area contributed by atoms with Crippen LogP contribution in [0.25, 0.3) is 0 Å². The summed E-state index contributed by atoms with van der Waals surface area (Å²) in [6.45, 7) is 9.41. The molecule has 3 rings (SSSR count). The molecular weight excluding hydrogens is 384 g/mol. The number of piperidine rings is 1. The minimum Gasteiger partial charge on any atom is -0.372 e. The maximum atomic E-state index is 12.7. The van der Waals surface area contributed by atoms with Crippen molar-refractivity contribution in [1.29, 1.82) is 0 Å². The second kappa shape index (κ2) is 9.78. The maximum absolute atomic E-state index is 12.7. The average Bonchev–Trinajstić information content (AvgIpc) is 3.24. The molecule has 0 aliphatic carbocycles. The zero-order valence-corrected chi connectivity index (χ0v) is 18.2. The van der Waals surface area contributed by atoms with Crippen molar-refractivity contribution in [3.05, 3.63) is 41.3 Å². The second-order valence-corrected chi connectivity index (χ2v) is 8.28. The fourth-order valence-electron chi connectivity index (χ4n) is 3.69. The number of anilines is 3. The highest BCUT2D eigenvalue weighted by atomic mass is 32.1. The second-order valence-electron chi connectivity index (χ2n) is 7.33. The van der Waals surface area contributed by atoms with E-state index in [4.69, 9.17) is 0 Å². The summed E-state index contributed by atoms with van der Waals surface area (Å²) in [5, 5.41) is 8.77. The summed E-state index contributed by atoms with van der Waals surface area (Å²) in [6.07, 6.45) is 1.36. The minimum atomic E-state index is -0.0888. The highest BCUT2D eigenvalue weighted by Crippen LogP contribution is 2.25. The zero-order chi connectivity index (χ0) is 20.8. The Kier molecular flexibility index (Phi) is 7.14. The number of rotatable bonds is 6. The highest BCUT2D eigenvalue weighted by molar-refractivity contribution is 7.14. The van der Waals surface area contributed by atoms with Gasteiger partial charge in [0.1, 0.15) is 0 Å². The van der Waals surface area contributed by atoms with Crippen LogP contribution in [0.4, 0.5) is 21.2 Å². The van der Waals surface area contributed by atoms with Crippen molar-refractivity contribution in [3.63, 3.8) is 0 Å². The number of likely N-dealkylation sites (tertiary alicyclic amines) is 1. The van der Waals surface area contributed by atoms with Crippen LogP contribution < -0.4 is 15.5 Å². The van der Waals surface area contributed by atoms with Gasteiger partial charge in [-0.1, -0.05) is 0 Å². The Morgan fingerprint density at radius 2 is 1.86 bits per heavy atom. The van der Waals surface area contributed by atoms with Crippen LogP contribution in [0.1, 0.15) is 32.3 Å². The van der Waals surface area contributed by atoms with Crippen LogP contribution in [0.5, 0.6) is 0 Å². The first-order chi connectivity index (χ1) is 14.0. The van der Waals surface area contributed by atoms with Crippen molar-refractivity contribution in [2.75, 3.05) is 41.7 Å². The number of benzene rings is 1. The van der Waals surface area contributed by atoms with Crippen LogP contribution in [0, 0.1) is 12.8 Å². The lowest BCUT2D eigenvalue weighted by Gasteiger charge is -2.31. The van der Waals surface area contributed by atoms with Gasteiger partial charge in [0.15, 0.2) is 0 Å². The van der Waals surface area contributed by atoms with Crippen LogP contribution in [0.15, 0.2) is 35.7 Å². The number of amides is 3. The Bertz CT molecular complexity index is 825. The maximum Gasteiger partial charge on any atom is 0.322 e. The standard InChI is InChI=1S/C22H30N4O2S/c1-4-25(5-2)18-8-9-19(16(3)15-18)23-21(27)17-10-12-26(13-11-17)22(28)24-20-7-6-14-29-20/h6-9,14-15,17H,4-5,10-13H2,1-3H3,(H,23,27)(H,24,28). The molecule has 1 aliphatic heterocycles. The molecular formula is C22H30N4O2S. The molecule has 6 nitrogen and oxygen atoms in total. The van der Waals surface area contributed by atoms with E-state index in [0.29, 0.717) is 25.9 Å². The molecule has 0 atom stereocenters. The highest BCUT2D eigenvalue weighted by Gasteiger charge is 2.27. The van der Waals surface area contributed by atoms with Gasteiger partial charge in [0.05, 0.1) is 5.00 Å². The number of aryl methyl sites for hydroxylation is 1. The molecule has 156 valence electrons. The molecule has 1 aromatic heterocycles. The summed E-state index contributed by atoms with van der Waals surface area (Å²) in [5.74, 6) is -0.0235. The van der Waals surface area contributed by atoms with E-state index in [-0.39, 0.29) is 17.9 Å². The third kappa shape index (κ3) is 5.29. The molecule has 0 spiro atoms. The van der Waals surface area contributed by atoms with Gasteiger partial charge in [-0.25, -0.2) is 4.79 Å². The van der Waals surface area contributed by atoms with Crippen LogP contribution in [-0.2, 0) is 4.79 Å². The van der Waals surface area contributed by atoms with Crippen molar-refractivity contribution in [2.24, 2.45) is 5.92 Å². The normalized spacial score (nSPS) is 14.5. The van der Waals surface area contributed by atoms with E-state index >= 15 is 0 Å². The molecule has 1 aliphatic rings. The van der Waals surface area contributed by atoms with Crippen LogP contribution in [0.3, 0.4) is 0 Å². The number of nitrogens with one attached hydrogen (secondary N) is 2. The van der Waals surface area contributed by atoms with E-state index in [0.717, 1.165) is 29.3 Å². The van der Waals surface area contributed by atoms with Gasteiger partial charge < -0.3 is 15.1 Å². The van der Waals surface area contributed by atoms with Crippen molar-refractivity contribution >= 4 is 39.7 Å². The Morgan fingerprint density at radius 1 is 1.14 bits per heavy atom. The molecule has 2 aromatic rings. The molecule has 1 aromatic carbocycles. The molecule has 2 N–H and O–H groups in total. The monoisotopic (exact) mass is 414 g/mol. The molecule has 3 amide bonds. The van der Waals surface area contributed by atoms with E-state index in [1.165, 1.54) is 17.0 Å². The third-order valence-corrected chi connectivity index (χ3v) is 6.29. The van der Waals surface area contributed by atoms with Crippen LogP contribution >= 0.6 is 11.3 Å². The van der Waals surface area contributed by atoms with Crippen molar-refractivity contribution < 1.29 is 9.59 Å². The molecule has 0 radical (unpaired) electrons. The summed E-state index contributed by atoms with van der Waals surface area (Å²) >= 11 is 1.50. The molecule has 2 heterocycles. The van der Waals surface area contributed by atoms with Crippen molar-refractivity contribution in [2.45, 2.75) is 33.6 Å². The van der Waals surface area contributed by atoms with Gasteiger partial charge in [-0.2, -0.15) is 0 Å². The Morgan fingerprint density at radius 3 is 2.45 bits per heavy atom. The van der Waals surface area contributed by atoms with Gasteiger partial charge in [0, 0.05) is 43.5 Å². The minimum absolute atomic E-state index is 0.0435. The molecule has 7 heteroatoms. The van der Waals surface area contributed by atoms with E-state index < -0.39 is 0 Å². The fourth-order valence-corrected chi connectivity index (χ4v) is 4.29. The number of carbonyl (C=O) groups excluding carboxylic acids is 2. The quantitative estimate of drug-likeness (QED) is 0.715. The van der Waals surface area contributed by atoms with Crippen molar-refractivity contribution in [1.82, 2.24) is 4.90 Å². The van der Waals surface area contributed by atoms with Gasteiger partial charge in [-0.3, -0.25) is 10.1 Å². The lowest BCUT2D eigenvalue weighted by Crippen LogP contribution is -2.43. The molecule has 0 saturated carbocycles. The summed E-state index contributed by atoms with van der Waals surface area (Å²) in [6, 6.07) is 9.89. The molecule has 1 fully saturated rings. The van der Waals surface area contributed by atoms with E-state index in [2.05, 4.69) is 41.5 Å². The summed E-state index contributed by atoms with van der Waals surface area (Å²) in [7, 11) is 0. The largest absolute Gasteiger partial charge is 0.372 e. The first-order valence-electron chi connectivity index (χ1n) is 10.3. The summed E-state index contributed by atoms with van der Waals surface area (Å²) in [4.78, 5) is 29.1. The first kappa shape index (κ1) is 21.2. The van der Waals surface area contributed by atoms with E-state index in [1.54, 1.807) is 4.90 Å². The fraction of sp³-hybridized carbons (Fsp3) is 0.455. The lowest BCUT2D eigenvalue weighted by atomic mass is 9.96. The number of carbonyl (C=O) groups is 2. The topological polar surface area (TPSA) is 64.7 Å². The van der Waals surface area contributed by atoms with Crippen molar-refractivity contribution in [3.8, 4) is 0 Å². The van der Waals surface area contributed by atoms with Gasteiger partial charge in [0.25, 0.3) is 0 Å². The van der Waals surface area contributed by atoms with Gasteiger partial charge in [0.2, 0.25) is 5.91 Å². The molecule has 0 unspecified atom stereocenters. The number of hydrogen-bond acceptors (Lipinski definition) is 4. The smallest absolute Gasteiger partial charge is 0.322 e. The summed E-state index contributed by atoms with van der Waals surface area (Å²) in [5.41, 5.74) is 3.11. The Hall–Kier alpha value is -2.54. The number of nitrogens with zero attached hydrogens (tertiary/aromatic N) is 2. The lowest BCUT2D eigenvalue weighted by molar-refractivity contribution is -0.121. The third-order valence-electron chi connectivity index (χ3n) is 5.50. The number of thiophene rings is 1. The van der Waals surface area contributed by atoms with Crippen LogP contribution in [-0.4, -0.2) is 43.0 Å². The Labute approximate surface area is 176 Å². The Balaban J connectivity index is 1.52. The van der Waals surface area contributed by atoms with E-state index in [9.17, 15) is 9.59 Å². The van der Waals surface area contributed by atoms with Gasteiger partial charge in [-0.05, 0) is 74.9 Å². The van der Waals surface area contributed by atoms with Gasteiger partial charge >= 0.3 is 6.03 Å². The number of urea groups is 1. The molecule has 29 heavy (non-hydrogen) atoms. The number of hydrogen-bond donors (Lipinski definition) is 2. The first-order valence-corrected chi connectivity index (χ1v) is 11.2. The predicted octanol–water partition coefficient (Wildman–Crippen LogP) is 4.79. The predicted molar refractivity (Wildman–Crippen MR) is 121 cm³/mol. The average molecular weight is 415 g/mol. The summed E-state index contributed by atoms with van der Waals surface area (Å²) < 4.78 is 0. The SMILES string of the molecule is CCN(CC)c1ccc(NC(=O)C2CCN(C(=O)Nc3cccs3)CC2)c(C)c1.